The van der Waals surface area contributed by atoms with Gasteiger partial charge in [0.05, 0.1) is 47.9 Å². The summed E-state index contributed by atoms with van der Waals surface area (Å²) in [6.07, 6.45) is 8.77. The van der Waals surface area contributed by atoms with Crippen molar-refractivity contribution in [1.82, 2.24) is 25.1 Å². The molecule has 0 spiro atoms. The Hall–Kier alpha value is -3.88. The molecule has 8 nitrogen and oxygen atoms in total. The van der Waals surface area contributed by atoms with E-state index in [-0.39, 0.29) is 31.1 Å². The molecule has 2 heterocycles. The van der Waals surface area contributed by atoms with Crippen LogP contribution in [0.4, 0.5) is 4.39 Å². The first-order valence-corrected chi connectivity index (χ1v) is 10.2. The minimum absolute atomic E-state index is 0.0826. The minimum atomic E-state index is -0.642. The Labute approximate surface area is 184 Å². The Kier molecular flexibility index (Phi) is 6.07. The molecule has 0 saturated heterocycles. The van der Waals surface area contributed by atoms with Crippen molar-refractivity contribution in [3.8, 4) is 0 Å². The van der Waals surface area contributed by atoms with Crippen molar-refractivity contribution in [2.24, 2.45) is 0 Å². The van der Waals surface area contributed by atoms with Gasteiger partial charge in [0.15, 0.2) is 0 Å². The fourth-order valence-electron chi connectivity index (χ4n) is 3.88. The maximum atomic E-state index is 14.6. The first-order valence-electron chi connectivity index (χ1n) is 10.2. The molecule has 1 aliphatic heterocycles. The number of carbonyl (C=O) groups is 3. The number of hydrogen-bond acceptors (Lipinski definition) is 5. The van der Waals surface area contributed by atoms with Crippen molar-refractivity contribution in [2.45, 2.75) is 32.5 Å². The molecular formula is C23H22FN5O3. The predicted octanol–water partition coefficient (Wildman–Crippen LogP) is 2.08. The van der Waals surface area contributed by atoms with Gasteiger partial charge in [0, 0.05) is 19.4 Å². The lowest BCUT2D eigenvalue weighted by atomic mass is 10.0. The molecule has 1 aliphatic carbocycles. The second kappa shape index (κ2) is 9.09. The Morgan fingerprint density at radius 1 is 1.16 bits per heavy atom. The summed E-state index contributed by atoms with van der Waals surface area (Å²) in [4.78, 5) is 48.4. The van der Waals surface area contributed by atoms with Gasteiger partial charge in [-0.25, -0.2) is 4.39 Å². The molecular weight excluding hydrogens is 413 g/mol. The molecule has 0 radical (unpaired) electrons. The minimum Gasteiger partial charge on any atom is -0.355 e. The molecule has 3 amide bonds. The van der Waals surface area contributed by atoms with E-state index in [0.29, 0.717) is 47.5 Å². The number of amides is 3. The Balaban J connectivity index is 1.55. The molecule has 0 fully saturated rings. The van der Waals surface area contributed by atoms with Gasteiger partial charge in [-0.15, -0.1) is 0 Å². The summed E-state index contributed by atoms with van der Waals surface area (Å²) in [7, 11) is 1.53. The topological polar surface area (TPSA) is 95.5 Å². The molecule has 32 heavy (non-hydrogen) atoms. The van der Waals surface area contributed by atoms with E-state index in [4.69, 9.17) is 0 Å². The van der Waals surface area contributed by atoms with Crippen molar-refractivity contribution in [3.63, 3.8) is 0 Å². The van der Waals surface area contributed by atoms with Crippen LogP contribution in [-0.2, 0) is 29.2 Å². The molecule has 2 aliphatic rings. The summed E-state index contributed by atoms with van der Waals surface area (Å²) in [6.45, 7) is 0.617. The molecule has 2 aromatic rings. The van der Waals surface area contributed by atoms with E-state index in [1.165, 1.54) is 35.0 Å². The second-order valence-corrected chi connectivity index (χ2v) is 7.52. The summed E-state index contributed by atoms with van der Waals surface area (Å²) in [5.41, 5.74) is 2.79. The Morgan fingerprint density at radius 2 is 1.84 bits per heavy atom. The molecule has 164 valence electrons. The van der Waals surface area contributed by atoms with Gasteiger partial charge >= 0.3 is 0 Å². The van der Waals surface area contributed by atoms with Crippen LogP contribution in [0.15, 0.2) is 54.0 Å². The molecule has 1 N–H and O–H groups in total. The van der Waals surface area contributed by atoms with Crippen LogP contribution in [-0.4, -0.2) is 45.0 Å². The fourth-order valence-corrected chi connectivity index (χ4v) is 3.88. The van der Waals surface area contributed by atoms with Gasteiger partial charge in [-0.05, 0) is 30.5 Å². The van der Waals surface area contributed by atoms with Crippen molar-refractivity contribution in [1.29, 1.82) is 0 Å². The van der Waals surface area contributed by atoms with Gasteiger partial charge < -0.3 is 15.1 Å². The van der Waals surface area contributed by atoms with Crippen LogP contribution in [0.3, 0.4) is 0 Å². The molecule has 1 aromatic carbocycles. The summed E-state index contributed by atoms with van der Waals surface area (Å²) in [5.74, 6) is -1.39. The average molecular weight is 435 g/mol. The molecule has 0 bridgehead atoms. The maximum absolute atomic E-state index is 14.6. The summed E-state index contributed by atoms with van der Waals surface area (Å²) in [5, 5.41) is 2.58. The number of allylic oxidation sites excluding steroid dienone is 2. The number of hydrogen-bond donors (Lipinski definition) is 1. The summed E-state index contributed by atoms with van der Waals surface area (Å²) in [6, 6.07) is 4.19. The quantitative estimate of drug-likeness (QED) is 0.701. The monoisotopic (exact) mass is 435 g/mol. The number of benzene rings is 1. The zero-order chi connectivity index (χ0) is 22.7. The number of nitrogens with one attached hydrogen (secondary N) is 1. The number of nitrogens with zero attached hydrogens (tertiary/aromatic N) is 4. The smallest absolute Gasteiger partial charge is 0.257 e. The number of rotatable bonds is 6. The lowest BCUT2D eigenvalue weighted by Crippen LogP contribution is -2.30. The highest BCUT2D eigenvalue weighted by Gasteiger charge is 2.28. The van der Waals surface area contributed by atoms with Crippen LogP contribution in [0.2, 0.25) is 0 Å². The fraction of sp³-hybridized carbons (Fsp3) is 0.261. The number of carbonyl (C=O) groups excluding carboxylic acids is 3. The lowest BCUT2D eigenvalue weighted by molar-refractivity contribution is -0.118. The SMILES string of the molecule is CNC(=O)C1=CCCC=C1N(C=O)Cc1ccc(F)c(C(=O)N2Cc3nccnc3C2)c1. The molecule has 0 atom stereocenters. The first kappa shape index (κ1) is 21.4. The zero-order valence-corrected chi connectivity index (χ0v) is 17.5. The highest BCUT2D eigenvalue weighted by atomic mass is 19.1. The van der Waals surface area contributed by atoms with E-state index >= 15 is 0 Å². The van der Waals surface area contributed by atoms with Crippen LogP contribution >= 0.6 is 0 Å². The predicted molar refractivity (Wildman–Crippen MR) is 113 cm³/mol. The Bertz CT molecular complexity index is 1120. The van der Waals surface area contributed by atoms with Crippen molar-refractivity contribution >= 4 is 18.2 Å². The van der Waals surface area contributed by atoms with E-state index in [2.05, 4.69) is 15.3 Å². The third-order valence-electron chi connectivity index (χ3n) is 5.48. The number of likely N-dealkylation sites (N-methyl/N-ethyl adjacent to an activating group) is 1. The van der Waals surface area contributed by atoms with Crippen LogP contribution in [0.5, 0.6) is 0 Å². The van der Waals surface area contributed by atoms with Crippen molar-refractivity contribution in [3.05, 3.63) is 82.3 Å². The van der Waals surface area contributed by atoms with Gasteiger partial charge in [0.25, 0.3) is 11.8 Å². The van der Waals surface area contributed by atoms with Crippen molar-refractivity contribution < 1.29 is 18.8 Å². The highest BCUT2D eigenvalue weighted by molar-refractivity contribution is 5.98. The third kappa shape index (κ3) is 4.14. The highest BCUT2D eigenvalue weighted by Crippen LogP contribution is 2.25. The third-order valence-corrected chi connectivity index (χ3v) is 5.48. The van der Waals surface area contributed by atoms with Gasteiger partial charge in [0.1, 0.15) is 5.82 Å². The van der Waals surface area contributed by atoms with E-state index in [1.54, 1.807) is 18.5 Å². The van der Waals surface area contributed by atoms with Crippen LogP contribution in [0, 0.1) is 5.82 Å². The summed E-state index contributed by atoms with van der Waals surface area (Å²) < 4.78 is 14.6. The average Bonchev–Trinajstić information content (AvgIpc) is 3.27. The number of fused-ring (bicyclic) bond motifs is 1. The second-order valence-electron chi connectivity index (χ2n) is 7.52. The van der Waals surface area contributed by atoms with Gasteiger partial charge in [-0.3, -0.25) is 24.4 Å². The van der Waals surface area contributed by atoms with Crippen molar-refractivity contribution in [2.75, 3.05) is 7.05 Å². The molecule has 1 aromatic heterocycles. The van der Waals surface area contributed by atoms with E-state index in [0.717, 1.165) is 0 Å². The van der Waals surface area contributed by atoms with Gasteiger partial charge in [-0.1, -0.05) is 18.2 Å². The number of halogens is 1. The van der Waals surface area contributed by atoms with E-state index in [1.807, 2.05) is 6.08 Å². The standard InChI is InChI=1S/C23H22FN5O3/c1-25-22(31)16-4-2-3-5-21(16)29(14-30)11-15-6-7-18(24)17(10-15)23(32)28-12-19-20(13-28)27-9-8-26-19/h4-10,14H,2-3,11-13H2,1H3,(H,25,31). The van der Waals surface area contributed by atoms with Gasteiger partial charge in [0.2, 0.25) is 6.41 Å². The van der Waals surface area contributed by atoms with Gasteiger partial charge in [-0.2, -0.15) is 0 Å². The Morgan fingerprint density at radius 3 is 2.50 bits per heavy atom. The van der Waals surface area contributed by atoms with E-state index in [9.17, 15) is 18.8 Å². The maximum Gasteiger partial charge on any atom is 0.257 e. The lowest BCUT2D eigenvalue weighted by Gasteiger charge is -2.25. The van der Waals surface area contributed by atoms with Crippen LogP contribution in [0.25, 0.3) is 0 Å². The normalized spacial score (nSPS) is 14.9. The first-order chi connectivity index (χ1) is 15.5. The molecule has 0 saturated carbocycles. The molecule has 9 heteroatoms. The van der Waals surface area contributed by atoms with Crippen LogP contribution < -0.4 is 5.32 Å². The zero-order valence-electron chi connectivity index (χ0n) is 17.5. The summed E-state index contributed by atoms with van der Waals surface area (Å²) >= 11 is 0. The number of aromatic nitrogens is 2. The van der Waals surface area contributed by atoms with Crippen LogP contribution in [0.1, 0.15) is 40.2 Å². The largest absolute Gasteiger partial charge is 0.355 e. The van der Waals surface area contributed by atoms with E-state index < -0.39 is 11.7 Å². The molecule has 0 unspecified atom stereocenters. The molecule has 4 rings (SSSR count).